The van der Waals surface area contributed by atoms with Crippen LogP contribution >= 0.6 is 0 Å². The van der Waals surface area contributed by atoms with E-state index < -0.39 is 34.5 Å². The molecule has 4 nitrogen and oxygen atoms in total. The Kier molecular flexibility index (Phi) is 5.13. The highest BCUT2D eigenvalue weighted by Gasteiger charge is 2.38. The Bertz CT molecular complexity index is 585. The summed E-state index contributed by atoms with van der Waals surface area (Å²) < 4.78 is 37.5. The van der Waals surface area contributed by atoms with E-state index in [1.54, 1.807) is 20.8 Å². The smallest absolute Gasteiger partial charge is 0.351 e. The number of hydrogen-bond donors (Lipinski definition) is 2. The molecule has 0 atom stereocenters. The molecule has 1 aromatic carbocycles. The number of amides is 2. The van der Waals surface area contributed by atoms with Crippen LogP contribution in [0.25, 0.3) is 0 Å². The van der Waals surface area contributed by atoms with Crippen molar-refractivity contribution in [1.82, 2.24) is 5.32 Å². The van der Waals surface area contributed by atoms with Crippen molar-refractivity contribution in [2.45, 2.75) is 46.3 Å². The van der Waals surface area contributed by atoms with Gasteiger partial charge in [-0.25, -0.2) is 0 Å². The Morgan fingerprint density at radius 1 is 0.870 bits per heavy atom. The predicted molar refractivity (Wildman–Crippen MR) is 81.8 cm³/mol. The third-order valence-electron chi connectivity index (χ3n) is 3.09. The molecule has 0 unspecified atom stereocenters. The van der Waals surface area contributed by atoms with Crippen LogP contribution in [0.3, 0.4) is 0 Å². The van der Waals surface area contributed by atoms with Crippen molar-refractivity contribution in [1.29, 1.82) is 0 Å². The molecule has 0 saturated carbocycles. The first-order chi connectivity index (χ1) is 10.2. The van der Waals surface area contributed by atoms with Gasteiger partial charge in [-0.05, 0) is 58.9 Å². The van der Waals surface area contributed by atoms with Crippen molar-refractivity contribution in [3.63, 3.8) is 0 Å². The summed E-state index contributed by atoms with van der Waals surface area (Å²) in [5.41, 5.74) is -2.47. The molecule has 128 valence electrons. The van der Waals surface area contributed by atoms with Gasteiger partial charge in [-0.2, -0.15) is 13.2 Å². The number of anilines is 1. The van der Waals surface area contributed by atoms with E-state index in [9.17, 15) is 22.8 Å². The number of benzene rings is 1. The minimum atomic E-state index is -4.44. The molecule has 0 saturated heterocycles. The van der Waals surface area contributed by atoms with Gasteiger partial charge >= 0.3 is 6.18 Å². The lowest BCUT2D eigenvalue weighted by molar-refractivity contribution is -0.139. The van der Waals surface area contributed by atoms with Crippen LogP contribution in [0.5, 0.6) is 0 Å². The van der Waals surface area contributed by atoms with Crippen LogP contribution in [0.1, 0.15) is 40.2 Å². The fraction of sp³-hybridized carbons (Fsp3) is 0.500. The van der Waals surface area contributed by atoms with Gasteiger partial charge < -0.3 is 10.6 Å². The maximum Gasteiger partial charge on any atom is 0.416 e. The van der Waals surface area contributed by atoms with Crippen LogP contribution < -0.4 is 10.6 Å². The largest absolute Gasteiger partial charge is 0.416 e. The van der Waals surface area contributed by atoms with Crippen LogP contribution in [-0.2, 0) is 15.8 Å². The number of halogens is 3. The highest BCUT2D eigenvalue weighted by molar-refractivity contribution is 6.10. The Labute approximate surface area is 133 Å². The van der Waals surface area contributed by atoms with Gasteiger partial charge in [0.25, 0.3) is 0 Å². The van der Waals surface area contributed by atoms with Gasteiger partial charge in [0.2, 0.25) is 11.8 Å². The van der Waals surface area contributed by atoms with E-state index in [4.69, 9.17) is 0 Å². The van der Waals surface area contributed by atoms with Crippen molar-refractivity contribution in [2.75, 3.05) is 5.32 Å². The summed E-state index contributed by atoms with van der Waals surface area (Å²) in [5.74, 6) is -1.06. The third-order valence-corrected chi connectivity index (χ3v) is 3.09. The number of nitrogens with one attached hydrogen (secondary N) is 2. The summed E-state index contributed by atoms with van der Waals surface area (Å²) in [4.78, 5) is 24.4. The van der Waals surface area contributed by atoms with Gasteiger partial charge in [-0.15, -0.1) is 0 Å². The first kappa shape index (κ1) is 19.0. The minimum absolute atomic E-state index is 0.194. The molecule has 0 aliphatic heterocycles. The van der Waals surface area contributed by atoms with Crippen LogP contribution in [0, 0.1) is 5.41 Å². The average Bonchev–Trinajstić information content (AvgIpc) is 2.36. The summed E-state index contributed by atoms with van der Waals surface area (Å²) in [7, 11) is 0. The van der Waals surface area contributed by atoms with E-state index in [0.29, 0.717) is 0 Å². The van der Waals surface area contributed by atoms with Crippen LogP contribution in [0.4, 0.5) is 18.9 Å². The lowest BCUT2D eigenvalue weighted by Gasteiger charge is -2.28. The van der Waals surface area contributed by atoms with Gasteiger partial charge in [0, 0.05) is 11.2 Å². The maximum absolute atomic E-state index is 12.5. The molecular formula is C16H21F3N2O2. The van der Waals surface area contributed by atoms with Gasteiger partial charge in [0.05, 0.1) is 5.56 Å². The Morgan fingerprint density at radius 3 is 1.74 bits per heavy atom. The second kappa shape index (κ2) is 6.22. The predicted octanol–water partition coefficient (Wildman–Crippen LogP) is 3.58. The second-order valence-corrected chi connectivity index (χ2v) is 6.86. The normalized spacial score (nSPS) is 12.7. The molecule has 0 bridgehead atoms. The average molecular weight is 330 g/mol. The zero-order valence-corrected chi connectivity index (χ0v) is 13.8. The SMILES string of the molecule is CC(C)(C)NC(=O)C(C)(C)C(=O)Nc1ccc(C(F)(F)F)cc1. The van der Waals surface area contributed by atoms with Crippen molar-refractivity contribution in [2.24, 2.45) is 5.41 Å². The first-order valence-corrected chi connectivity index (χ1v) is 7.05. The number of carbonyl (C=O) groups excluding carboxylic acids is 2. The third kappa shape index (κ3) is 5.26. The highest BCUT2D eigenvalue weighted by atomic mass is 19.4. The summed E-state index contributed by atoms with van der Waals surface area (Å²) >= 11 is 0. The van der Waals surface area contributed by atoms with Gasteiger partial charge in [-0.1, -0.05) is 0 Å². The molecule has 0 aliphatic carbocycles. The van der Waals surface area contributed by atoms with Crippen molar-refractivity contribution < 1.29 is 22.8 Å². The molecule has 0 aliphatic rings. The van der Waals surface area contributed by atoms with E-state index in [0.717, 1.165) is 24.3 Å². The molecule has 1 rings (SSSR count). The molecule has 0 spiro atoms. The van der Waals surface area contributed by atoms with Gasteiger partial charge in [-0.3, -0.25) is 9.59 Å². The van der Waals surface area contributed by atoms with Gasteiger partial charge in [0.1, 0.15) is 5.41 Å². The maximum atomic E-state index is 12.5. The van der Waals surface area contributed by atoms with Crippen molar-refractivity contribution in [3.05, 3.63) is 29.8 Å². The van der Waals surface area contributed by atoms with Crippen molar-refractivity contribution >= 4 is 17.5 Å². The summed E-state index contributed by atoms with van der Waals surface area (Å²) in [6, 6.07) is 4.05. The Hall–Kier alpha value is -2.05. The highest BCUT2D eigenvalue weighted by Crippen LogP contribution is 2.30. The zero-order valence-electron chi connectivity index (χ0n) is 13.8. The molecule has 0 fully saturated rings. The van der Waals surface area contributed by atoms with Gasteiger partial charge in [0.15, 0.2) is 0 Å². The summed E-state index contributed by atoms with van der Waals surface area (Å²) in [5, 5.41) is 5.17. The van der Waals surface area contributed by atoms with Crippen molar-refractivity contribution in [3.8, 4) is 0 Å². The monoisotopic (exact) mass is 330 g/mol. The fourth-order valence-corrected chi connectivity index (χ4v) is 1.63. The van der Waals surface area contributed by atoms with E-state index in [1.165, 1.54) is 13.8 Å². The first-order valence-electron chi connectivity index (χ1n) is 7.05. The molecule has 7 heteroatoms. The minimum Gasteiger partial charge on any atom is -0.351 e. The Morgan fingerprint density at radius 2 is 1.35 bits per heavy atom. The Balaban J connectivity index is 2.84. The molecule has 0 aromatic heterocycles. The molecule has 2 N–H and O–H groups in total. The fourth-order valence-electron chi connectivity index (χ4n) is 1.63. The van der Waals surface area contributed by atoms with E-state index in [-0.39, 0.29) is 5.69 Å². The number of hydrogen-bond acceptors (Lipinski definition) is 2. The zero-order chi connectivity index (χ0) is 18.1. The molecule has 1 aromatic rings. The van der Waals surface area contributed by atoms with Crippen LogP contribution in [-0.4, -0.2) is 17.4 Å². The van der Waals surface area contributed by atoms with Crippen LogP contribution in [0.15, 0.2) is 24.3 Å². The topological polar surface area (TPSA) is 58.2 Å². The van der Waals surface area contributed by atoms with E-state index in [1.807, 2.05) is 0 Å². The number of alkyl halides is 3. The van der Waals surface area contributed by atoms with Crippen LogP contribution in [0.2, 0.25) is 0 Å². The number of rotatable bonds is 3. The molecule has 0 radical (unpaired) electrons. The second-order valence-electron chi connectivity index (χ2n) is 6.86. The molecule has 2 amide bonds. The quantitative estimate of drug-likeness (QED) is 0.832. The molecular weight excluding hydrogens is 309 g/mol. The molecule has 23 heavy (non-hydrogen) atoms. The lowest BCUT2D eigenvalue weighted by Crippen LogP contribution is -2.51. The number of carbonyl (C=O) groups is 2. The summed E-state index contributed by atoms with van der Waals surface area (Å²) in [6.07, 6.45) is -4.44. The molecule has 0 heterocycles. The standard InChI is InChI=1S/C16H21F3N2O2/c1-14(2,3)21-13(23)15(4,5)12(22)20-11-8-6-10(7-9-11)16(17,18)19/h6-9H,1-5H3,(H,20,22)(H,21,23). The summed E-state index contributed by atoms with van der Waals surface area (Å²) in [6.45, 7) is 8.26. The lowest BCUT2D eigenvalue weighted by atomic mass is 9.89. The van der Waals surface area contributed by atoms with E-state index >= 15 is 0 Å². The van der Waals surface area contributed by atoms with E-state index in [2.05, 4.69) is 10.6 Å².